The largest absolute Gasteiger partial charge is 0.295 e. The van der Waals surface area contributed by atoms with Crippen molar-refractivity contribution in [1.82, 2.24) is 0 Å². The summed E-state index contributed by atoms with van der Waals surface area (Å²) < 4.78 is 38.8. The van der Waals surface area contributed by atoms with Crippen LogP contribution in [-0.2, 0) is 4.79 Å². The molecule has 1 rings (SSSR count). The van der Waals surface area contributed by atoms with E-state index >= 15 is 0 Å². The molecular formula is C12H13F3O. The van der Waals surface area contributed by atoms with Gasteiger partial charge in [-0.1, -0.05) is 20.4 Å². The highest BCUT2D eigenvalue weighted by atomic mass is 19.2. The molecular weight excluding hydrogens is 217 g/mol. The number of hydrogen-bond acceptors (Lipinski definition) is 1. The van der Waals surface area contributed by atoms with Gasteiger partial charge in [0.15, 0.2) is 17.4 Å². The maximum Gasteiger partial charge on any atom is 0.169 e. The molecule has 4 heteroatoms. The van der Waals surface area contributed by atoms with Crippen LogP contribution in [0.1, 0.15) is 26.3 Å². The Bertz CT molecular complexity index is 411. The lowest BCUT2D eigenvalue weighted by Gasteiger charge is -2.05. The first-order chi connectivity index (χ1) is 7.45. The molecule has 0 aliphatic heterocycles. The molecule has 0 radical (unpaired) electrons. The van der Waals surface area contributed by atoms with Crippen LogP contribution in [0.15, 0.2) is 18.7 Å². The minimum Gasteiger partial charge on any atom is -0.295 e. The number of halogens is 3. The van der Waals surface area contributed by atoms with Crippen molar-refractivity contribution in [2.75, 3.05) is 0 Å². The molecule has 1 nitrogen and oxygen atoms in total. The number of allylic oxidation sites excluding steroid dienone is 1. The predicted octanol–water partition coefficient (Wildman–Crippen LogP) is 3.73. The van der Waals surface area contributed by atoms with Crippen LogP contribution in [0.4, 0.5) is 13.2 Å². The van der Waals surface area contributed by atoms with Crippen LogP contribution in [0.5, 0.6) is 0 Å². The van der Waals surface area contributed by atoms with Crippen molar-refractivity contribution in [1.29, 1.82) is 0 Å². The third kappa shape index (κ3) is 2.95. The molecule has 0 bridgehead atoms. The summed E-state index contributed by atoms with van der Waals surface area (Å²) >= 11 is 0. The summed E-state index contributed by atoms with van der Waals surface area (Å²) in [6, 6.07) is 1.41. The number of Topliss-reactive ketones (excluding diaryl/α,β-unsaturated/α-hetero) is 1. The summed E-state index contributed by atoms with van der Waals surface area (Å²) in [6.07, 6.45) is 0. The second-order valence-electron chi connectivity index (χ2n) is 2.75. The summed E-state index contributed by atoms with van der Waals surface area (Å²) in [4.78, 5) is 10.8. The molecule has 16 heavy (non-hydrogen) atoms. The van der Waals surface area contributed by atoms with E-state index in [2.05, 4.69) is 6.58 Å². The van der Waals surface area contributed by atoms with Gasteiger partial charge in [-0.15, -0.1) is 0 Å². The molecule has 0 saturated carbocycles. The van der Waals surface area contributed by atoms with Crippen LogP contribution in [0, 0.1) is 17.5 Å². The minimum absolute atomic E-state index is 0.375. The van der Waals surface area contributed by atoms with E-state index in [1.54, 1.807) is 0 Å². The Morgan fingerprint density at radius 1 is 1.12 bits per heavy atom. The van der Waals surface area contributed by atoms with Gasteiger partial charge in [0.2, 0.25) is 0 Å². The Kier molecular flexibility index (Phi) is 5.50. The van der Waals surface area contributed by atoms with Gasteiger partial charge >= 0.3 is 0 Å². The Hall–Kier alpha value is -1.58. The highest BCUT2D eigenvalue weighted by Gasteiger charge is 2.18. The fourth-order valence-corrected chi connectivity index (χ4v) is 0.980. The zero-order valence-corrected chi connectivity index (χ0v) is 9.40. The Morgan fingerprint density at radius 3 is 2.00 bits per heavy atom. The fourth-order valence-electron chi connectivity index (χ4n) is 0.980. The number of hydrogen-bond donors (Lipinski definition) is 0. The van der Waals surface area contributed by atoms with Crippen molar-refractivity contribution in [2.24, 2.45) is 0 Å². The van der Waals surface area contributed by atoms with Gasteiger partial charge in [-0.05, 0) is 19.1 Å². The van der Waals surface area contributed by atoms with E-state index in [9.17, 15) is 18.0 Å². The van der Waals surface area contributed by atoms with Gasteiger partial charge in [0.1, 0.15) is 5.82 Å². The standard InChI is InChI=1S/C10H7F3O.C2H6/c1-5(6(2)14)9-7(11)3-4-8(12)10(9)13;1-2/h3-4H,1H2,2H3;1-2H3. The third-order valence-corrected chi connectivity index (χ3v) is 1.77. The van der Waals surface area contributed by atoms with Crippen molar-refractivity contribution in [3.05, 3.63) is 41.7 Å². The topological polar surface area (TPSA) is 17.1 Å². The molecule has 1 aromatic carbocycles. The van der Waals surface area contributed by atoms with Gasteiger partial charge in [-0.25, -0.2) is 13.2 Å². The average molecular weight is 230 g/mol. The fraction of sp³-hybridized carbons (Fsp3) is 0.250. The minimum atomic E-state index is -1.38. The summed E-state index contributed by atoms with van der Waals surface area (Å²) in [7, 11) is 0. The average Bonchev–Trinajstić information content (AvgIpc) is 2.26. The lowest BCUT2D eigenvalue weighted by atomic mass is 10.0. The predicted molar refractivity (Wildman–Crippen MR) is 57.4 cm³/mol. The molecule has 0 saturated heterocycles. The lowest BCUT2D eigenvalue weighted by Crippen LogP contribution is -2.02. The van der Waals surface area contributed by atoms with E-state index in [0.717, 1.165) is 13.0 Å². The first-order valence-electron chi connectivity index (χ1n) is 4.79. The van der Waals surface area contributed by atoms with Crippen LogP contribution in [0.2, 0.25) is 0 Å². The summed E-state index contributed by atoms with van der Waals surface area (Å²) in [5, 5.41) is 0. The number of benzene rings is 1. The highest BCUT2D eigenvalue weighted by molar-refractivity contribution is 6.18. The highest BCUT2D eigenvalue weighted by Crippen LogP contribution is 2.22. The second kappa shape index (κ2) is 6.10. The molecule has 0 amide bonds. The van der Waals surface area contributed by atoms with Gasteiger partial charge in [-0.3, -0.25) is 4.79 Å². The molecule has 0 fully saturated rings. The lowest BCUT2D eigenvalue weighted by molar-refractivity contribution is -0.111. The maximum absolute atomic E-state index is 13.0. The van der Waals surface area contributed by atoms with Gasteiger partial charge in [0, 0.05) is 5.57 Å². The van der Waals surface area contributed by atoms with E-state index in [1.165, 1.54) is 0 Å². The van der Waals surface area contributed by atoms with Crippen molar-refractivity contribution in [3.63, 3.8) is 0 Å². The molecule has 88 valence electrons. The summed E-state index contributed by atoms with van der Waals surface area (Å²) in [6.45, 7) is 8.29. The van der Waals surface area contributed by atoms with E-state index < -0.39 is 28.8 Å². The number of carbonyl (C=O) groups excluding carboxylic acids is 1. The van der Waals surface area contributed by atoms with Crippen LogP contribution < -0.4 is 0 Å². The maximum atomic E-state index is 13.0. The van der Waals surface area contributed by atoms with Gasteiger partial charge in [-0.2, -0.15) is 0 Å². The molecule has 0 aromatic heterocycles. The summed E-state index contributed by atoms with van der Waals surface area (Å²) in [5.74, 6) is -4.19. The zero-order valence-electron chi connectivity index (χ0n) is 9.40. The molecule has 0 spiro atoms. The zero-order chi connectivity index (χ0) is 12.9. The molecule has 0 unspecified atom stereocenters. The quantitative estimate of drug-likeness (QED) is 0.558. The van der Waals surface area contributed by atoms with Crippen molar-refractivity contribution < 1.29 is 18.0 Å². The second-order valence-corrected chi connectivity index (χ2v) is 2.75. The van der Waals surface area contributed by atoms with E-state index in [0.29, 0.717) is 6.07 Å². The molecule has 0 aliphatic rings. The van der Waals surface area contributed by atoms with Gasteiger partial charge in [0.25, 0.3) is 0 Å². The smallest absolute Gasteiger partial charge is 0.169 e. The third-order valence-electron chi connectivity index (χ3n) is 1.77. The van der Waals surface area contributed by atoms with E-state index in [1.807, 2.05) is 13.8 Å². The molecule has 0 atom stereocenters. The van der Waals surface area contributed by atoms with Gasteiger partial charge < -0.3 is 0 Å². The van der Waals surface area contributed by atoms with Crippen LogP contribution in [-0.4, -0.2) is 5.78 Å². The molecule has 0 N–H and O–H groups in total. The van der Waals surface area contributed by atoms with Crippen molar-refractivity contribution in [2.45, 2.75) is 20.8 Å². The number of rotatable bonds is 2. The summed E-state index contributed by atoms with van der Waals surface area (Å²) in [5.41, 5.74) is -1.07. The molecule has 0 aliphatic carbocycles. The van der Waals surface area contributed by atoms with Crippen molar-refractivity contribution in [3.8, 4) is 0 Å². The Balaban J connectivity index is 0.00000106. The molecule has 1 aromatic rings. The first-order valence-corrected chi connectivity index (χ1v) is 4.79. The first kappa shape index (κ1) is 14.4. The Labute approximate surface area is 92.6 Å². The van der Waals surface area contributed by atoms with Gasteiger partial charge in [0.05, 0.1) is 5.56 Å². The van der Waals surface area contributed by atoms with E-state index in [4.69, 9.17) is 0 Å². The van der Waals surface area contributed by atoms with Crippen molar-refractivity contribution >= 4 is 11.4 Å². The van der Waals surface area contributed by atoms with Crippen LogP contribution in [0.3, 0.4) is 0 Å². The number of carbonyl (C=O) groups is 1. The van der Waals surface area contributed by atoms with Crippen LogP contribution in [0.25, 0.3) is 5.57 Å². The number of ketones is 1. The SMILES string of the molecule is C=C(C(C)=O)c1c(F)ccc(F)c1F.CC. The molecule has 0 heterocycles. The monoisotopic (exact) mass is 230 g/mol. The van der Waals surface area contributed by atoms with E-state index in [-0.39, 0.29) is 5.57 Å². The normalized spacial score (nSPS) is 9.12. The van der Waals surface area contributed by atoms with Crippen LogP contribution >= 0.6 is 0 Å². The Morgan fingerprint density at radius 2 is 1.56 bits per heavy atom.